The SMILES string of the molecule is COc1ccc2cc(CN(C)C(=O)CN[C@@H](c3ccccc3)c3ccco3)ccc2c1. The van der Waals surface area contributed by atoms with Crippen LogP contribution in [0.3, 0.4) is 0 Å². The zero-order valence-electron chi connectivity index (χ0n) is 17.7. The van der Waals surface area contributed by atoms with Crippen molar-refractivity contribution in [1.29, 1.82) is 0 Å². The van der Waals surface area contributed by atoms with Gasteiger partial charge in [0.25, 0.3) is 0 Å². The molecule has 1 aromatic heterocycles. The Morgan fingerprint density at radius 2 is 1.77 bits per heavy atom. The van der Waals surface area contributed by atoms with E-state index < -0.39 is 0 Å². The number of hydrogen-bond donors (Lipinski definition) is 1. The molecular weight excluding hydrogens is 388 g/mol. The van der Waals surface area contributed by atoms with Gasteiger partial charge in [-0.1, -0.05) is 48.5 Å². The summed E-state index contributed by atoms with van der Waals surface area (Å²) in [5, 5.41) is 5.59. The zero-order chi connectivity index (χ0) is 21.6. The van der Waals surface area contributed by atoms with Gasteiger partial charge in [-0.2, -0.15) is 0 Å². The van der Waals surface area contributed by atoms with Crippen LogP contribution in [0.5, 0.6) is 5.75 Å². The summed E-state index contributed by atoms with van der Waals surface area (Å²) >= 11 is 0. The van der Waals surface area contributed by atoms with Crippen LogP contribution in [-0.4, -0.2) is 31.5 Å². The van der Waals surface area contributed by atoms with Gasteiger partial charge in [-0.3, -0.25) is 10.1 Å². The van der Waals surface area contributed by atoms with E-state index in [-0.39, 0.29) is 18.5 Å². The number of carbonyl (C=O) groups is 1. The first-order chi connectivity index (χ1) is 15.1. The maximum atomic E-state index is 12.8. The van der Waals surface area contributed by atoms with Crippen LogP contribution in [0.2, 0.25) is 0 Å². The van der Waals surface area contributed by atoms with Gasteiger partial charge in [0.15, 0.2) is 0 Å². The summed E-state index contributed by atoms with van der Waals surface area (Å²) in [5.74, 6) is 1.64. The number of nitrogens with one attached hydrogen (secondary N) is 1. The average Bonchev–Trinajstić information content (AvgIpc) is 3.34. The second kappa shape index (κ2) is 9.49. The van der Waals surface area contributed by atoms with Gasteiger partial charge in [-0.15, -0.1) is 0 Å². The summed E-state index contributed by atoms with van der Waals surface area (Å²) < 4.78 is 10.9. The Balaban J connectivity index is 1.41. The summed E-state index contributed by atoms with van der Waals surface area (Å²) in [6.45, 7) is 0.751. The van der Waals surface area contributed by atoms with E-state index >= 15 is 0 Å². The third-order valence-electron chi connectivity index (χ3n) is 5.38. The molecule has 0 radical (unpaired) electrons. The number of fused-ring (bicyclic) bond motifs is 1. The molecule has 1 amide bonds. The summed E-state index contributed by atoms with van der Waals surface area (Å²) in [5.41, 5.74) is 2.14. The molecule has 1 N–H and O–H groups in total. The Morgan fingerprint density at radius 1 is 1.00 bits per heavy atom. The Morgan fingerprint density at radius 3 is 2.52 bits per heavy atom. The van der Waals surface area contributed by atoms with E-state index in [0.717, 1.165) is 33.4 Å². The number of benzene rings is 3. The fourth-order valence-corrected chi connectivity index (χ4v) is 3.67. The summed E-state index contributed by atoms with van der Waals surface area (Å²) in [7, 11) is 3.49. The van der Waals surface area contributed by atoms with E-state index in [9.17, 15) is 4.79 Å². The highest BCUT2D eigenvalue weighted by Gasteiger charge is 2.19. The first-order valence-corrected chi connectivity index (χ1v) is 10.3. The van der Waals surface area contributed by atoms with Crippen molar-refractivity contribution in [1.82, 2.24) is 10.2 Å². The first-order valence-electron chi connectivity index (χ1n) is 10.3. The van der Waals surface area contributed by atoms with Crippen LogP contribution >= 0.6 is 0 Å². The maximum absolute atomic E-state index is 12.8. The number of nitrogens with zero attached hydrogens (tertiary/aromatic N) is 1. The van der Waals surface area contributed by atoms with Crippen LogP contribution in [-0.2, 0) is 11.3 Å². The predicted octanol–water partition coefficient (Wildman–Crippen LogP) is 4.78. The molecule has 1 heterocycles. The molecule has 0 spiro atoms. The molecule has 1 atom stereocenters. The fourth-order valence-electron chi connectivity index (χ4n) is 3.67. The lowest BCUT2D eigenvalue weighted by Crippen LogP contribution is -2.37. The number of carbonyl (C=O) groups excluding carboxylic acids is 1. The van der Waals surface area contributed by atoms with Gasteiger partial charge in [-0.25, -0.2) is 0 Å². The van der Waals surface area contributed by atoms with E-state index in [4.69, 9.17) is 9.15 Å². The van der Waals surface area contributed by atoms with Crippen molar-refractivity contribution < 1.29 is 13.9 Å². The maximum Gasteiger partial charge on any atom is 0.236 e. The largest absolute Gasteiger partial charge is 0.497 e. The van der Waals surface area contributed by atoms with Gasteiger partial charge < -0.3 is 14.1 Å². The van der Waals surface area contributed by atoms with Gasteiger partial charge in [0.2, 0.25) is 5.91 Å². The van der Waals surface area contributed by atoms with E-state index in [2.05, 4.69) is 23.5 Å². The van der Waals surface area contributed by atoms with Crippen molar-refractivity contribution in [3.8, 4) is 5.75 Å². The van der Waals surface area contributed by atoms with Gasteiger partial charge in [-0.05, 0) is 52.2 Å². The molecule has 5 heteroatoms. The molecule has 0 aliphatic heterocycles. The van der Waals surface area contributed by atoms with Crippen molar-refractivity contribution in [2.75, 3.05) is 20.7 Å². The fraction of sp³-hybridized carbons (Fsp3) is 0.192. The van der Waals surface area contributed by atoms with E-state index in [1.54, 1.807) is 18.3 Å². The van der Waals surface area contributed by atoms with Crippen molar-refractivity contribution in [2.24, 2.45) is 0 Å². The van der Waals surface area contributed by atoms with Gasteiger partial charge in [0.1, 0.15) is 11.5 Å². The Hall–Kier alpha value is -3.57. The number of ether oxygens (including phenoxy) is 1. The third-order valence-corrected chi connectivity index (χ3v) is 5.38. The van der Waals surface area contributed by atoms with E-state index in [0.29, 0.717) is 6.54 Å². The summed E-state index contributed by atoms with van der Waals surface area (Å²) in [6, 6.07) is 25.8. The smallest absolute Gasteiger partial charge is 0.236 e. The second-order valence-electron chi connectivity index (χ2n) is 7.54. The molecule has 4 rings (SSSR count). The number of methoxy groups -OCH3 is 1. The molecular formula is C26H26N2O3. The molecule has 5 nitrogen and oxygen atoms in total. The molecule has 0 unspecified atom stereocenters. The summed E-state index contributed by atoms with van der Waals surface area (Å²) in [4.78, 5) is 14.6. The highest BCUT2D eigenvalue weighted by atomic mass is 16.5. The monoisotopic (exact) mass is 414 g/mol. The Labute approximate surface area is 182 Å². The second-order valence-corrected chi connectivity index (χ2v) is 7.54. The quantitative estimate of drug-likeness (QED) is 0.451. The number of hydrogen-bond acceptors (Lipinski definition) is 4. The molecule has 4 aromatic rings. The minimum absolute atomic E-state index is 0.0160. The van der Waals surface area contributed by atoms with Crippen LogP contribution < -0.4 is 10.1 Å². The average molecular weight is 415 g/mol. The molecule has 0 fully saturated rings. The predicted molar refractivity (Wildman–Crippen MR) is 122 cm³/mol. The van der Waals surface area contributed by atoms with Crippen molar-refractivity contribution in [2.45, 2.75) is 12.6 Å². The first kappa shape index (κ1) is 20.7. The zero-order valence-corrected chi connectivity index (χ0v) is 17.7. The Kier molecular flexibility index (Phi) is 6.34. The number of furan rings is 1. The lowest BCUT2D eigenvalue weighted by molar-refractivity contribution is -0.129. The molecule has 0 aliphatic carbocycles. The molecule has 0 saturated carbocycles. The molecule has 3 aromatic carbocycles. The van der Waals surface area contributed by atoms with Crippen molar-refractivity contribution >= 4 is 16.7 Å². The van der Waals surface area contributed by atoms with Gasteiger partial charge in [0, 0.05) is 13.6 Å². The molecule has 0 saturated heterocycles. The van der Waals surface area contributed by atoms with Gasteiger partial charge >= 0.3 is 0 Å². The molecule has 158 valence electrons. The van der Waals surface area contributed by atoms with E-state index in [1.165, 1.54) is 0 Å². The van der Waals surface area contributed by atoms with Gasteiger partial charge in [0.05, 0.1) is 26.0 Å². The Bertz CT molecular complexity index is 1140. The minimum atomic E-state index is -0.177. The van der Waals surface area contributed by atoms with Crippen LogP contribution in [0.25, 0.3) is 10.8 Å². The number of rotatable bonds is 8. The molecule has 0 bridgehead atoms. The topological polar surface area (TPSA) is 54.7 Å². The molecule has 31 heavy (non-hydrogen) atoms. The van der Waals surface area contributed by atoms with E-state index in [1.807, 2.05) is 67.7 Å². The number of likely N-dealkylation sites (N-methyl/N-ethyl adjacent to an activating group) is 1. The minimum Gasteiger partial charge on any atom is -0.497 e. The normalized spacial score (nSPS) is 11.9. The van der Waals surface area contributed by atoms with Crippen molar-refractivity contribution in [3.05, 3.63) is 102 Å². The lowest BCUT2D eigenvalue weighted by atomic mass is 10.0. The number of amides is 1. The van der Waals surface area contributed by atoms with Crippen LogP contribution in [0.15, 0.2) is 89.5 Å². The third kappa shape index (κ3) is 4.95. The van der Waals surface area contributed by atoms with Crippen LogP contribution in [0.4, 0.5) is 0 Å². The lowest BCUT2D eigenvalue weighted by Gasteiger charge is -2.21. The van der Waals surface area contributed by atoms with Crippen LogP contribution in [0, 0.1) is 0 Å². The highest BCUT2D eigenvalue weighted by Crippen LogP contribution is 2.23. The summed E-state index contributed by atoms with van der Waals surface area (Å²) in [6.07, 6.45) is 1.65. The van der Waals surface area contributed by atoms with Crippen molar-refractivity contribution in [3.63, 3.8) is 0 Å². The highest BCUT2D eigenvalue weighted by molar-refractivity contribution is 5.84. The van der Waals surface area contributed by atoms with Crippen LogP contribution in [0.1, 0.15) is 22.9 Å². The molecule has 0 aliphatic rings. The standard InChI is InChI=1S/C26H26N2O3/c1-28(18-19-10-11-22-16-23(30-2)13-12-21(22)15-19)25(29)17-27-26(24-9-6-14-31-24)20-7-4-3-5-8-20/h3-16,26-27H,17-18H2,1-2H3/t26-/m0/s1.